The van der Waals surface area contributed by atoms with Crippen LogP contribution in [0.2, 0.25) is 0 Å². The average Bonchev–Trinajstić information content (AvgIpc) is 3.19. The molecular weight excluding hydrogens is 359 g/mol. The number of para-hydroxylation sites is 1. The summed E-state index contributed by atoms with van der Waals surface area (Å²) in [6.45, 7) is 2.54. The zero-order chi connectivity index (χ0) is 19.5. The average molecular weight is 378 g/mol. The van der Waals surface area contributed by atoms with Crippen molar-refractivity contribution in [1.82, 2.24) is 15.0 Å². The molecule has 7 nitrogen and oxygen atoms in total. The van der Waals surface area contributed by atoms with E-state index in [4.69, 9.17) is 4.74 Å². The highest BCUT2D eigenvalue weighted by Crippen LogP contribution is 2.24. The van der Waals surface area contributed by atoms with Crippen LogP contribution in [0, 0.1) is 17.1 Å². The number of methoxy groups -OCH3 is 1. The van der Waals surface area contributed by atoms with Gasteiger partial charge in [0.2, 0.25) is 5.69 Å². The number of halogens is 1. The highest BCUT2D eigenvalue weighted by molar-refractivity contribution is 5.54. The highest BCUT2D eigenvalue weighted by atomic mass is 19.1. The SMILES string of the molecule is COc1ccc(-n2nc(C#N)c(N3CCN(c4ccccc4F)CC3)n2)cc1. The van der Waals surface area contributed by atoms with E-state index in [1.54, 1.807) is 19.2 Å². The van der Waals surface area contributed by atoms with Crippen LogP contribution in [0.15, 0.2) is 48.5 Å². The third-order valence-corrected chi connectivity index (χ3v) is 4.78. The van der Waals surface area contributed by atoms with Crippen LogP contribution in [0.25, 0.3) is 5.69 Å². The smallest absolute Gasteiger partial charge is 0.207 e. The van der Waals surface area contributed by atoms with E-state index in [1.165, 1.54) is 10.9 Å². The summed E-state index contributed by atoms with van der Waals surface area (Å²) in [6.07, 6.45) is 0. The molecule has 2 aromatic carbocycles. The van der Waals surface area contributed by atoms with Gasteiger partial charge in [0, 0.05) is 26.2 Å². The zero-order valence-electron chi connectivity index (χ0n) is 15.4. The first-order valence-corrected chi connectivity index (χ1v) is 8.96. The van der Waals surface area contributed by atoms with E-state index in [1.807, 2.05) is 40.1 Å². The predicted molar refractivity (Wildman–Crippen MR) is 103 cm³/mol. The third-order valence-electron chi connectivity index (χ3n) is 4.78. The third kappa shape index (κ3) is 3.34. The second-order valence-corrected chi connectivity index (χ2v) is 6.40. The summed E-state index contributed by atoms with van der Waals surface area (Å²) in [6, 6.07) is 16.2. The Labute approximate surface area is 162 Å². The number of benzene rings is 2. The van der Waals surface area contributed by atoms with Gasteiger partial charge in [-0.15, -0.1) is 15.0 Å². The van der Waals surface area contributed by atoms with Gasteiger partial charge in [0.1, 0.15) is 17.6 Å². The fourth-order valence-corrected chi connectivity index (χ4v) is 3.28. The molecule has 0 radical (unpaired) electrons. The van der Waals surface area contributed by atoms with Gasteiger partial charge in [0.15, 0.2) is 5.82 Å². The Morgan fingerprint density at radius 1 is 0.964 bits per heavy atom. The summed E-state index contributed by atoms with van der Waals surface area (Å²) >= 11 is 0. The summed E-state index contributed by atoms with van der Waals surface area (Å²) < 4.78 is 19.2. The normalized spacial score (nSPS) is 14.0. The largest absolute Gasteiger partial charge is 0.497 e. The van der Waals surface area contributed by atoms with Crippen molar-refractivity contribution in [2.24, 2.45) is 0 Å². The molecule has 8 heteroatoms. The van der Waals surface area contributed by atoms with Crippen molar-refractivity contribution >= 4 is 11.5 Å². The van der Waals surface area contributed by atoms with E-state index in [-0.39, 0.29) is 11.5 Å². The maximum Gasteiger partial charge on any atom is 0.207 e. The number of aromatic nitrogens is 3. The number of ether oxygens (including phenoxy) is 1. The Kier molecular flexibility index (Phi) is 4.81. The first-order chi connectivity index (χ1) is 13.7. The van der Waals surface area contributed by atoms with Gasteiger partial charge in [-0.3, -0.25) is 0 Å². The fraction of sp³-hybridized carbons (Fsp3) is 0.250. The number of hydrogen-bond acceptors (Lipinski definition) is 6. The van der Waals surface area contributed by atoms with E-state index < -0.39 is 0 Å². The first kappa shape index (κ1) is 17.8. The van der Waals surface area contributed by atoms with Crippen molar-refractivity contribution in [1.29, 1.82) is 5.26 Å². The molecule has 0 saturated carbocycles. The van der Waals surface area contributed by atoms with Gasteiger partial charge in [-0.05, 0) is 36.4 Å². The summed E-state index contributed by atoms with van der Waals surface area (Å²) in [5.74, 6) is 1.06. The predicted octanol–water partition coefficient (Wildman–Crippen LogP) is 2.61. The van der Waals surface area contributed by atoms with Crippen LogP contribution < -0.4 is 14.5 Å². The molecule has 28 heavy (non-hydrogen) atoms. The molecule has 0 spiro atoms. The van der Waals surface area contributed by atoms with Crippen LogP contribution in [0.5, 0.6) is 5.75 Å². The van der Waals surface area contributed by atoms with E-state index in [0.29, 0.717) is 37.7 Å². The van der Waals surface area contributed by atoms with Crippen molar-refractivity contribution in [3.8, 4) is 17.5 Å². The number of hydrogen-bond donors (Lipinski definition) is 0. The lowest BCUT2D eigenvalue weighted by Crippen LogP contribution is -2.47. The maximum atomic E-state index is 14.0. The molecule has 0 aliphatic carbocycles. The van der Waals surface area contributed by atoms with Crippen molar-refractivity contribution in [2.45, 2.75) is 0 Å². The van der Waals surface area contributed by atoms with Gasteiger partial charge < -0.3 is 14.5 Å². The Hall–Kier alpha value is -3.60. The Morgan fingerprint density at radius 3 is 2.29 bits per heavy atom. The monoisotopic (exact) mass is 378 g/mol. The molecule has 1 saturated heterocycles. The minimum atomic E-state index is -0.223. The van der Waals surface area contributed by atoms with E-state index in [0.717, 1.165) is 11.4 Å². The molecule has 0 bridgehead atoms. The molecular formula is C20H19FN6O. The minimum Gasteiger partial charge on any atom is -0.497 e. The molecule has 1 aliphatic rings. The molecule has 0 N–H and O–H groups in total. The highest BCUT2D eigenvalue weighted by Gasteiger charge is 2.24. The van der Waals surface area contributed by atoms with E-state index >= 15 is 0 Å². The quantitative estimate of drug-likeness (QED) is 0.695. The standard InChI is InChI=1S/C20H19FN6O/c1-28-16-8-6-15(7-9-16)27-23-18(14-22)20(24-27)26-12-10-25(11-13-26)19-5-3-2-4-17(19)21/h2-9H,10-13H2,1H3. The number of nitriles is 1. The van der Waals surface area contributed by atoms with Crippen LogP contribution in [0.4, 0.5) is 15.9 Å². The van der Waals surface area contributed by atoms with E-state index in [9.17, 15) is 9.65 Å². The minimum absolute atomic E-state index is 0.223. The Balaban J connectivity index is 1.53. The maximum absolute atomic E-state index is 14.0. The van der Waals surface area contributed by atoms with Gasteiger partial charge in [0.25, 0.3) is 0 Å². The molecule has 1 fully saturated rings. The van der Waals surface area contributed by atoms with Crippen LogP contribution in [0.1, 0.15) is 5.69 Å². The fourth-order valence-electron chi connectivity index (χ4n) is 3.28. The molecule has 4 rings (SSSR count). The summed E-state index contributed by atoms with van der Waals surface area (Å²) in [5, 5.41) is 18.3. The molecule has 142 valence electrons. The Morgan fingerprint density at radius 2 is 1.64 bits per heavy atom. The zero-order valence-corrected chi connectivity index (χ0v) is 15.4. The molecule has 2 heterocycles. The van der Waals surface area contributed by atoms with Gasteiger partial charge in [-0.1, -0.05) is 12.1 Å². The molecule has 0 amide bonds. The van der Waals surface area contributed by atoms with Crippen molar-refractivity contribution in [3.05, 3.63) is 60.0 Å². The lowest BCUT2D eigenvalue weighted by molar-refractivity contribution is 0.414. The second kappa shape index (κ2) is 7.56. The van der Waals surface area contributed by atoms with Gasteiger partial charge in [-0.25, -0.2) is 4.39 Å². The Bertz CT molecular complexity index is 1000. The van der Waals surface area contributed by atoms with Gasteiger partial charge in [-0.2, -0.15) is 5.26 Å². The summed E-state index contributed by atoms with van der Waals surface area (Å²) in [5.41, 5.74) is 1.62. The lowest BCUT2D eigenvalue weighted by atomic mass is 10.2. The molecule has 0 atom stereocenters. The number of anilines is 2. The lowest BCUT2D eigenvalue weighted by Gasteiger charge is -2.36. The molecule has 1 aliphatic heterocycles. The van der Waals surface area contributed by atoms with Gasteiger partial charge >= 0.3 is 0 Å². The molecule has 1 aromatic heterocycles. The van der Waals surface area contributed by atoms with Gasteiger partial charge in [0.05, 0.1) is 18.5 Å². The van der Waals surface area contributed by atoms with Crippen LogP contribution in [0.3, 0.4) is 0 Å². The van der Waals surface area contributed by atoms with Crippen molar-refractivity contribution in [2.75, 3.05) is 43.1 Å². The van der Waals surface area contributed by atoms with Crippen LogP contribution in [-0.2, 0) is 0 Å². The van der Waals surface area contributed by atoms with Crippen molar-refractivity contribution < 1.29 is 9.13 Å². The molecule has 3 aromatic rings. The first-order valence-electron chi connectivity index (χ1n) is 8.96. The van der Waals surface area contributed by atoms with Crippen molar-refractivity contribution in [3.63, 3.8) is 0 Å². The molecule has 0 unspecified atom stereocenters. The topological polar surface area (TPSA) is 70.2 Å². The number of nitrogens with zero attached hydrogens (tertiary/aromatic N) is 6. The second-order valence-electron chi connectivity index (χ2n) is 6.40. The number of piperazine rings is 1. The number of rotatable bonds is 4. The van der Waals surface area contributed by atoms with Crippen LogP contribution >= 0.6 is 0 Å². The van der Waals surface area contributed by atoms with Crippen LogP contribution in [-0.4, -0.2) is 48.3 Å². The summed E-state index contributed by atoms with van der Waals surface area (Å²) in [4.78, 5) is 5.48. The van der Waals surface area contributed by atoms with E-state index in [2.05, 4.69) is 16.3 Å². The summed E-state index contributed by atoms with van der Waals surface area (Å²) in [7, 11) is 1.61.